The average molecular weight is 2160 g/mol. The summed E-state index contributed by atoms with van der Waals surface area (Å²) in [6.45, 7) is 81.6. The second kappa shape index (κ2) is 46.6. The van der Waals surface area contributed by atoms with Gasteiger partial charge in [-0.1, -0.05) is 216 Å². The van der Waals surface area contributed by atoms with Crippen LogP contribution in [0, 0.1) is 0 Å². The van der Waals surface area contributed by atoms with Crippen molar-refractivity contribution in [2.24, 2.45) is 0 Å². The Kier molecular flexibility index (Phi) is 37.1. The van der Waals surface area contributed by atoms with E-state index in [2.05, 4.69) is 281 Å². The Morgan fingerprint density at radius 2 is 0.651 bits per heavy atom. The molecule has 0 aliphatic carbocycles. The summed E-state index contributed by atoms with van der Waals surface area (Å²) < 4.78 is 85.3. The zero-order valence-electron chi connectivity index (χ0n) is 95.2. The van der Waals surface area contributed by atoms with Crippen molar-refractivity contribution in [3.05, 3.63) is 158 Å². The van der Waals surface area contributed by atoms with E-state index < -0.39 is 91.7 Å². The first kappa shape index (κ1) is 118. The molecule has 8 aromatic heterocycles. The summed E-state index contributed by atoms with van der Waals surface area (Å²) in [5, 5.41) is 29.1. The molecule has 4 fully saturated rings. The Morgan fingerprint density at radius 1 is 0.362 bits per heavy atom. The van der Waals surface area contributed by atoms with Crippen LogP contribution in [0.5, 0.6) is 0 Å². The predicted octanol–water partition coefficient (Wildman–Crippen LogP) is 23.6. The first-order valence-electron chi connectivity index (χ1n) is 52.2. The first-order chi connectivity index (χ1) is 69.1. The van der Waals surface area contributed by atoms with E-state index in [9.17, 15) is 19.8 Å². The fraction of sp³-hybridized carbons (Fsp3) is 0.626. The number of hydrogen-bond acceptors (Lipinski definition) is 30. The lowest BCUT2D eigenvalue weighted by Crippen LogP contribution is -2.48. The minimum atomic E-state index is -2.12. The van der Waals surface area contributed by atoms with Crippen LogP contribution >= 0.6 is 0 Å². The largest absolute Gasteiger partial charge is 0.444 e. The second-order valence-electron chi connectivity index (χ2n) is 50.7. The number of nitrogens with one attached hydrogen (secondary N) is 3. The molecule has 4 unspecified atom stereocenters. The van der Waals surface area contributed by atoms with Crippen molar-refractivity contribution in [2.75, 3.05) is 47.3 Å². The van der Waals surface area contributed by atoms with Crippen LogP contribution in [0.2, 0.25) is 109 Å². The number of carbonyl (C=O) groups is 2. The molecule has 2 amide bonds. The van der Waals surface area contributed by atoms with E-state index in [-0.39, 0.29) is 105 Å². The maximum absolute atomic E-state index is 13.6. The Morgan fingerprint density at radius 3 is 0.966 bits per heavy atom. The number of aromatic nitrogens is 16. The van der Waals surface area contributed by atoms with Gasteiger partial charge in [-0.05, 0) is 167 Å². The molecule has 3 aromatic carbocycles. The van der Waals surface area contributed by atoms with Gasteiger partial charge in [-0.15, -0.1) is 0 Å². The Bertz CT molecular complexity index is 6240. The summed E-state index contributed by atoms with van der Waals surface area (Å²) in [6, 6.07) is 30.0. The van der Waals surface area contributed by atoms with Crippen molar-refractivity contribution in [2.45, 2.75) is 405 Å². The SMILES string of the molecule is CC(C)(C)OC(=O)N(Cc1ccccc1)c1ncnc2c1ncn2[C@H]1CC(O[Si](C)(C)C(C)(C)C)[C@@H](CO[Si](C)(C)C(C)(C)C)O1.CC(C)(C)OC(=O)Nc1ncnc2c1ncn2[C@H]1CC(O[Si](C)(C)C(C)(C)C)[C@@H](CO[Si](C)(C)C(C)(C)C)O1.CC(C)(C)[Si](C)(C)OC[C@H]1O[C@@H](n2cnc3c(NCc4ccccc4)ncnc32)CC1O[Si](C)(C)C(C)(C)C.OC[C@H]1O[C@@H](n2cnc3c(NCc4ccccc4)ncnc32)CC1O. The monoisotopic (exact) mass is 2160 g/mol. The van der Waals surface area contributed by atoms with E-state index in [0.717, 1.165) is 28.7 Å². The van der Waals surface area contributed by atoms with Crippen LogP contribution in [0.15, 0.2) is 142 Å². The number of nitrogens with zero attached hydrogens (tertiary/aromatic N) is 17. The van der Waals surface area contributed by atoms with Gasteiger partial charge in [0.1, 0.15) is 85.8 Å². The number of fused-ring (bicyclic) bond motifs is 4. The molecule has 42 heteroatoms. The van der Waals surface area contributed by atoms with Crippen LogP contribution in [-0.2, 0) is 74.6 Å². The van der Waals surface area contributed by atoms with Crippen LogP contribution < -0.4 is 20.9 Å². The summed E-state index contributed by atoms with van der Waals surface area (Å²) in [5.41, 5.74) is 6.81. The van der Waals surface area contributed by atoms with Crippen molar-refractivity contribution >= 4 is 130 Å². The maximum atomic E-state index is 13.6. The molecule has 818 valence electrons. The molecule has 4 saturated heterocycles. The highest BCUT2D eigenvalue weighted by atomic mass is 28.4. The third-order valence-electron chi connectivity index (χ3n) is 30.9. The van der Waals surface area contributed by atoms with Gasteiger partial charge in [0.25, 0.3) is 0 Å². The summed E-state index contributed by atoms with van der Waals surface area (Å²) in [5.74, 6) is 2.03. The smallest absolute Gasteiger partial charge is 0.416 e. The molecule has 4 aliphatic rings. The van der Waals surface area contributed by atoms with Gasteiger partial charge >= 0.3 is 12.2 Å². The van der Waals surface area contributed by atoms with E-state index in [1.165, 1.54) is 29.4 Å². The standard InChI is InChI=1S/C34H55N5O5Si2.C29H47N5O3Si2.C27H49N5O5Si2.C17H19N5O3/c1-32(2,3)43-31(40)38(20-24-17-15-14-16-18-24)29-28-30(36-22-35-29)39(23-37-28)27-19-25(44-46(12,13)34(7,8)9)26(42-27)21-41-45(10,11)33(4,5)6;1-28(2,3)38(7,8)35-18-23-22(37-39(9,10)29(4,5)6)16-24(36-23)34-20-33-25-26(31-19-32-27(25)34)30-17-21-14-12-11-13-15-21;1-25(2,3)36-24(33)31-22-21-23(29-16-28-22)32(17-30-21)20-14-18(37-39(12,13)27(7,8)9)19(35-20)15-34-38(10,11)26(4,5)6;23-8-13-12(24)6-14(25-13)22-10-21-15-16(19-9-20-17(15)22)18-7-11-4-2-1-3-5-11/h14-18,22-23,25-27H,19-21H2,1-13H3;11-15,19-20,22-24H,16-18H2,1-10H3,(H,30,31,32);16-20H,14-15H2,1-13H3,(H,28,29,31,33);1-5,9-10,12-14,23-24H,6-8H2,(H,18,19,20)/t25?,26-,27-;22?,23-,24-;18?,19-,20-;12?,13-,14-/m1111/s1. The number of aliphatic hydroxyl groups excluding tert-OH is 2. The Hall–Kier alpha value is -9.18. The van der Waals surface area contributed by atoms with Crippen molar-refractivity contribution in [3.8, 4) is 0 Å². The molecule has 0 spiro atoms. The fourth-order valence-electron chi connectivity index (χ4n) is 15.7. The highest BCUT2D eigenvalue weighted by Gasteiger charge is 2.52. The van der Waals surface area contributed by atoms with Gasteiger partial charge < -0.3 is 75.8 Å². The fourth-order valence-corrected chi connectivity index (χ4v) is 22.8. The van der Waals surface area contributed by atoms with Gasteiger partial charge in [0.15, 0.2) is 118 Å². The number of carbonyl (C=O) groups excluding carboxylic acids is 2. The Balaban J connectivity index is 0.000000179. The van der Waals surface area contributed by atoms with E-state index in [0.29, 0.717) is 103 Å². The maximum Gasteiger partial charge on any atom is 0.416 e. The second-order valence-corrected chi connectivity index (χ2v) is 79.4. The number of benzene rings is 3. The highest BCUT2D eigenvalue weighted by molar-refractivity contribution is 6.76. The first-order valence-corrected chi connectivity index (χ1v) is 69.7. The van der Waals surface area contributed by atoms with Crippen molar-refractivity contribution in [1.29, 1.82) is 0 Å². The lowest BCUT2D eigenvalue weighted by Gasteiger charge is -2.40. The van der Waals surface area contributed by atoms with Gasteiger partial charge in [0.2, 0.25) is 0 Å². The number of rotatable bonds is 30. The molecule has 4 aliphatic heterocycles. The van der Waals surface area contributed by atoms with Crippen LogP contribution in [0.1, 0.15) is 233 Å². The molecule has 5 N–H and O–H groups in total. The van der Waals surface area contributed by atoms with E-state index in [1.807, 2.05) is 140 Å². The number of anilines is 4. The molecular weight excluding hydrogens is 1990 g/mol. The molecule has 0 saturated carbocycles. The van der Waals surface area contributed by atoms with Gasteiger partial charge in [-0.3, -0.25) is 28.5 Å². The predicted molar refractivity (Wildman–Crippen MR) is 600 cm³/mol. The topological polar surface area (TPSA) is 399 Å². The molecule has 15 rings (SSSR count). The van der Waals surface area contributed by atoms with E-state index >= 15 is 0 Å². The summed E-state index contributed by atoms with van der Waals surface area (Å²) in [4.78, 5) is 81.3. The van der Waals surface area contributed by atoms with Crippen molar-refractivity contribution < 1.29 is 74.8 Å². The summed E-state index contributed by atoms with van der Waals surface area (Å²) in [6.07, 6.45) is 10.4. The number of imidazole rings is 4. The van der Waals surface area contributed by atoms with E-state index in [4.69, 9.17) is 64.9 Å². The van der Waals surface area contributed by atoms with Crippen LogP contribution in [0.25, 0.3) is 44.7 Å². The van der Waals surface area contributed by atoms with Crippen LogP contribution in [-0.4, -0.2) is 237 Å². The normalized spacial score (nSPS) is 21.1. The molecular formula is C107H170N20O16Si6. The third-order valence-corrected chi connectivity index (χ3v) is 57.9. The van der Waals surface area contributed by atoms with Crippen molar-refractivity contribution in [1.82, 2.24) is 78.1 Å². The molecule has 0 radical (unpaired) electrons. The molecule has 11 aromatic rings. The minimum absolute atomic E-state index is 0.0453. The lowest BCUT2D eigenvalue weighted by molar-refractivity contribution is -0.0432. The third kappa shape index (κ3) is 29.7. The van der Waals surface area contributed by atoms with Gasteiger partial charge in [0.05, 0.1) is 82.7 Å². The van der Waals surface area contributed by atoms with E-state index in [1.54, 1.807) is 29.9 Å². The van der Waals surface area contributed by atoms with Gasteiger partial charge in [-0.2, -0.15) is 0 Å². The number of ether oxygens (including phenoxy) is 6. The van der Waals surface area contributed by atoms with Gasteiger partial charge in [0, 0.05) is 38.8 Å². The highest BCUT2D eigenvalue weighted by Crippen LogP contribution is 2.49. The number of aliphatic hydroxyl groups is 2. The quantitative estimate of drug-likeness (QED) is 0.0261. The minimum Gasteiger partial charge on any atom is -0.444 e. The number of amides is 2. The molecule has 12 atom stereocenters. The molecule has 12 heterocycles. The van der Waals surface area contributed by atoms with Gasteiger partial charge in [-0.25, -0.2) is 69.4 Å². The summed E-state index contributed by atoms with van der Waals surface area (Å²) in [7, 11) is -12.2. The van der Waals surface area contributed by atoms with Crippen molar-refractivity contribution in [3.63, 3.8) is 0 Å². The van der Waals surface area contributed by atoms with Crippen LogP contribution in [0.4, 0.5) is 32.9 Å². The zero-order valence-corrected chi connectivity index (χ0v) is 101. The average Bonchev–Trinajstić information content (AvgIpc) is 1.67. The molecule has 0 bridgehead atoms. The number of hydrogen-bond donors (Lipinski definition) is 5. The zero-order chi connectivity index (χ0) is 110. The Labute approximate surface area is 888 Å². The molecule has 36 nitrogen and oxygen atoms in total. The molecule has 149 heavy (non-hydrogen) atoms. The van der Waals surface area contributed by atoms with Crippen LogP contribution in [0.3, 0.4) is 0 Å². The summed E-state index contributed by atoms with van der Waals surface area (Å²) >= 11 is 0. The lowest BCUT2D eigenvalue weighted by atomic mass is 10.2.